The minimum absolute atomic E-state index is 0.201. The first-order chi connectivity index (χ1) is 8.37. The van der Waals surface area contributed by atoms with Crippen LogP contribution in [0.4, 0.5) is 0 Å². The molecule has 1 aromatic rings. The average molecular weight is 252 g/mol. The first-order valence-electron chi connectivity index (χ1n) is 6.05. The fraction of sp³-hybridized carbons (Fsp3) is 0.571. The van der Waals surface area contributed by atoms with Crippen LogP contribution in [0.25, 0.3) is 0 Å². The topological polar surface area (TPSA) is 70.5 Å². The number of rotatable bonds is 5. The maximum absolute atomic E-state index is 6.32. The van der Waals surface area contributed by atoms with Crippen LogP contribution in [0.1, 0.15) is 31.0 Å². The van der Waals surface area contributed by atoms with Crippen LogP contribution in [0.5, 0.6) is 11.5 Å². The highest BCUT2D eigenvalue weighted by atomic mass is 16.5. The van der Waals surface area contributed by atoms with Crippen LogP contribution in [0.15, 0.2) is 12.1 Å². The highest BCUT2D eigenvalue weighted by Crippen LogP contribution is 2.38. The van der Waals surface area contributed by atoms with Crippen LogP contribution in [-0.4, -0.2) is 20.8 Å². The molecule has 0 radical (unpaired) electrons. The molecular weight excluding hydrogens is 228 g/mol. The van der Waals surface area contributed by atoms with Gasteiger partial charge in [-0.25, -0.2) is 0 Å². The first-order valence-corrected chi connectivity index (χ1v) is 6.05. The lowest BCUT2D eigenvalue weighted by atomic mass is 9.80. The van der Waals surface area contributed by atoms with Gasteiger partial charge in [-0.05, 0) is 36.6 Å². The van der Waals surface area contributed by atoms with Gasteiger partial charge in [0, 0.05) is 11.6 Å². The predicted molar refractivity (Wildman–Crippen MR) is 74.0 cm³/mol. The second kappa shape index (κ2) is 5.59. The van der Waals surface area contributed by atoms with Crippen LogP contribution < -0.4 is 20.9 Å². The molecule has 1 rings (SSSR count). The Morgan fingerprint density at radius 3 is 2.17 bits per heavy atom. The van der Waals surface area contributed by atoms with Crippen molar-refractivity contribution in [3.63, 3.8) is 0 Å². The smallest absolute Gasteiger partial charge is 0.124 e. The molecule has 0 bridgehead atoms. The molecule has 0 amide bonds. The van der Waals surface area contributed by atoms with Gasteiger partial charge >= 0.3 is 0 Å². The first kappa shape index (κ1) is 14.8. The molecule has 4 nitrogen and oxygen atoms in total. The van der Waals surface area contributed by atoms with E-state index in [2.05, 4.69) is 0 Å². The van der Waals surface area contributed by atoms with E-state index in [-0.39, 0.29) is 11.5 Å². The second-order valence-corrected chi connectivity index (χ2v) is 5.23. The van der Waals surface area contributed by atoms with E-state index in [1.54, 1.807) is 14.2 Å². The van der Waals surface area contributed by atoms with Crippen molar-refractivity contribution in [2.24, 2.45) is 16.9 Å². The predicted octanol–water partition coefficient (Wildman–Crippen LogP) is 2.00. The van der Waals surface area contributed by atoms with Gasteiger partial charge in [-0.3, -0.25) is 0 Å². The van der Waals surface area contributed by atoms with Gasteiger partial charge in [0.05, 0.1) is 14.2 Å². The molecule has 0 aliphatic rings. The summed E-state index contributed by atoms with van der Waals surface area (Å²) in [5, 5.41) is 0. The maximum atomic E-state index is 6.32. The molecule has 0 fully saturated rings. The zero-order valence-electron chi connectivity index (χ0n) is 11.9. The summed E-state index contributed by atoms with van der Waals surface area (Å²) in [5.41, 5.74) is 13.9. The van der Waals surface area contributed by atoms with Gasteiger partial charge in [0.25, 0.3) is 0 Å². The van der Waals surface area contributed by atoms with Gasteiger partial charge < -0.3 is 20.9 Å². The van der Waals surface area contributed by atoms with E-state index >= 15 is 0 Å². The third-order valence-corrected chi connectivity index (χ3v) is 3.45. The van der Waals surface area contributed by atoms with Gasteiger partial charge in [0.15, 0.2) is 0 Å². The molecule has 1 atom stereocenters. The van der Waals surface area contributed by atoms with E-state index < -0.39 is 0 Å². The molecule has 0 saturated carbocycles. The minimum Gasteiger partial charge on any atom is -0.496 e. The quantitative estimate of drug-likeness (QED) is 0.841. The van der Waals surface area contributed by atoms with Crippen molar-refractivity contribution in [2.45, 2.75) is 26.8 Å². The Morgan fingerprint density at radius 1 is 1.17 bits per heavy atom. The lowest BCUT2D eigenvalue weighted by Gasteiger charge is -2.31. The molecule has 0 saturated heterocycles. The van der Waals surface area contributed by atoms with Crippen LogP contribution in [0.2, 0.25) is 0 Å². The van der Waals surface area contributed by atoms with Gasteiger partial charge in [-0.1, -0.05) is 13.8 Å². The molecule has 4 N–H and O–H groups in total. The summed E-state index contributed by atoms with van der Waals surface area (Å²) < 4.78 is 10.7. The van der Waals surface area contributed by atoms with Gasteiger partial charge in [-0.2, -0.15) is 0 Å². The molecule has 1 aromatic carbocycles. The van der Waals surface area contributed by atoms with Crippen molar-refractivity contribution < 1.29 is 9.47 Å². The molecule has 0 heterocycles. The molecule has 18 heavy (non-hydrogen) atoms. The average Bonchev–Trinajstić information content (AvgIpc) is 2.37. The third kappa shape index (κ3) is 2.76. The summed E-state index contributed by atoms with van der Waals surface area (Å²) in [4.78, 5) is 0. The van der Waals surface area contributed by atoms with E-state index in [0.29, 0.717) is 6.54 Å². The summed E-state index contributed by atoms with van der Waals surface area (Å²) in [6.07, 6.45) is 0. The summed E-state index contributed by atoms with van der Waals surface area (Å²) in [6, 6.07) is 3.68. The summed E-state index contributed by atoms with van der Waals surface area (Å²) in [7, 11) is 3.30. The number of methoxy groups -OCH3 is 2. The second-order valence-electron chi connectivity index (χ2n) is 5.23. The van der Waals surface area contributed by atoms with E-state index in [4.69, 9.17) is 20.9 Å². The van der Waals surface area contributed by atoms with Gasteiger partial charge in [0.1, 0.15) is 11.5 Å². The maximum Gasteiger partial charge on any atom is 0.124 e. The van der Waals surface area contributed by atoms with Crippen molar-refractivity contribution in [1.82, 2.24) is 0 Å². The Bertz CT molecular complexity index is 417. The fourth-order valence-corrected chi connectivity index (χ4v) is 1.86. The number of aryl methyl sites for hydroxylation is 1. The summed E-state index contributed by atoms with van der Waals surface area (Å²) in [6.45, 7) is 6.57. The van der Waals surface area contributed by atoms with E-state index in [9.17, 15) is 0 Å². The zero-order valence-corrected chi connectivity index (χ0v) is 11.9. The van der Waals surface area contributed by atoms with Crippen LogP contribution in [0, 0.1) is 12.3 Å². The number of nitrogens with two attached hydrogens (primary N) is 2. The fourth-order valence-electron chi connectivity index (χ4n) is 1.86. The standard InChI is InChI=1S/C14H24N2O2/c1-9-6-12(18-5)10(7-11(9)17-4)13(16)14(2,3)8-15/h6-7,13H,8,15-16H2,1-5H3. The van der Waals surface area contributed by atoms with Gasteiger partial charge in [0.2, 0.25) is 0 Å². The highest BCUT2D eigenvalue weighted by molar-refractivity contribution is 5.47. The normalized spacial score (nSPS) is 13.3. The largest absolute Gasteiger partial charge is 0.496 e. The highest BCUT2D eigenvalue weighted by Gasteiger charge is 2.29. The number of ether oxygens (including phenoxy) is 2. The number of hydrogen-bond donors (Lipinski definition) is 2. The summed E-state index contributed by atoms with van der Waals surface area (Å²) >= 11 is 0. The van der Waals surface area contributed by atoms with Crippen molar-refractivity contribution >= 4 is 0 Å². The molecule has 4 heteroatoms. The summed E-state index contributed by atoms with van der Waals surface area (Å²) in [5.74, 6) is 1.59. The molecule has 0 spiro atoms. The Balaban J connectivity index is 3.29. The Kier molecular flexibility index (Phi) is 4.59. The molecule has 102 valence electrons. The van der Waals surface area contributed by atoms with Crippen LogP contribution >= 0.6 is 0 Å². The Hall–Kier alpha value is -1.26. The lowest BCUT2D eigenvalue weighted by Crippen LogP contribution is -2.36. The monoisotopic (exact) mass is 252 g/mol. The minimum atomic E-state index is -0.202. The Labute approximate surface area is 109 Å². The molecule has 0 aliphatic carbocycles. The van der Waals surface area contributed by atoms with Crippen molar-refractivity contribution in [1.29, 1.82) is 0 Å². The van der Waals surface area contributed by atoms with E-state index in [1.165, 1.54) is 0 Å². The molecule has 0 aromatic heterocycles. The van der Waals surface area contributed by atoms with Crippen molar-refractivity contribution in [3.8, 4) is 11.5 Å². The third-order valence-electron chi connectivity index (χ3n) is 3.45. The number of hydrogen-bond acceptors (Lipinski definition) is 4. The molecular formula is C14H24N2O2. The lowest BCUT2D eigenvalue weighted by molar-refractivity contribution is 0.290. The molecule has 0 aliphatic heterocycles. The van der Waals surface area contributed by atoms with Crippen LogP contribution in [-0.2, 0) is 0 Å². The van der Waals surface area contributed by atoms with E-state index in [0.717, 1.165) is 22.6 Å². The zero-order chi connectivity index (χ0) is 13.9. The number of benzene rings is 1. The van der Waals surface area contributed by atoms with Crippen LogP contribution in [0.3, 0.4) is 0 Å². The van der Waals surface area contributed by atoms with Crippen molar-refractivity contribution in [2.75, 3.05) is 20.8 Å². The Morgan fingerprint density at radius 2 is 1.72 bits per heavy atom. The van der Waals surface area contributed by atoms with E-state index in [1.807, 2.05) is 32.9 Å². The molecule has 1 unspecified atom stereocenters. The van der Waals surface area contributed by atoms with Crippen molar-refractivity contribution in [3.05, 3.63) is 23.3 Å². The SMILES string of the molecule is COc1cc(C(N)C(C)(C)CN)c(OC)cc1C. The van der Waals surface area contributed by atoms with Gasteiger partial charge in [-0.15, -0.1) is 0 Å².